The fraction of sp³-hybridized carbons (Fsp3) is 0.875. The second kappa shape index (κ2) is 1.83. The van der Waals surface area contributed by atoms with Crippen molar-refractivity contribution < 1.29 is 4.58 Å². The van der Waals surface area contributed by atoms with Gasteiger partial charge in [-0.05, 0) is 6.42 Å². The van der Waals surface area contributed by atoms with E-state index in [0.717, 1.165) is 12.1 Å². The largest absolute Gasteiger partial charge is 0.237 e. The van der Waals surface area contributed by atoms with Gasteiger partial charge in [0, 0.05) is 25.7 Å². The van der Waals surface area contributed by atoms with Crippen LogP contribution in [0.2, 0.25) is 0 Å². The fourth-order valence-electron chi connectivity index (χ4n) is 2.22. The van der Waals surface area contributed by atoms with Crippen LogP contribution in [0.4, 0.5) is 0 Å². The molecular weight excluding hydrogens is 110 g/mol. The lowest BCUT2D eigenvalue weighted by Gasteiger charge is -2.16. The number of piperidine rings is 1. The Morgan fingerprint density at radius 2 is 1.56 bits per heavy atom. The van der Waals surface area contributed by atoms with Crippen molar-refractivity contribution in [1.82, 2.24) is 0 Å². The molecule has 0 N–H and O–H groups in total. The summed E-state index contributed by atoms with van der Waals surface area (Å²) in [5.74, 6) is 0. The van der Waals surface area contributed by atoms with Crippen LogP contribution < -0.4 is 0 Å². The maximum absolute atomic E-state index is 4.06. The zero-order valence-corrected chi connectivity index (χ0v) is 5.84. The summed E-state index contributed by atoms with van der Waals surface area (Å²) < 4.78 is 2.34. The van der Waals surface area contributed by atoms with E-state index in [2.05, 4.69) is 11.3 Å². The molecule has 2 heterocycles. The molecule has 2 rings (SSSR count). The Bertz CT molecular complexity index is 122. The van der Waals surface area contributed by atoms with Gasteiger partial charge in [0.25, 0.3) is 0 Å². The van der Waals surface area contributed by atoms with Gasteiger partial charge in [-0.2, -0.15) is 0 Å². The van der Waals surface area contributed by atoms with Crippen LogP contribution in [-0.2, 0) is 0 Å². The van der Waals surface area contributed by atoms with Crippen LogP contribution >= 0.6 is 0 Å². The summed E-state index contributed by atoms with van der Waals surface area (Å²) in [6.07, 6.45) is 7.07. The monoisotopic (exact) mass is 124 g/mol. The predicted octanol–water partition coefficient (Wildman–Crippen LogP) is 1.41. The van der Waals surface area contributed by atoms with Gasteiger partial charge in [-0.25, -0.2) is 4.58 Å². The molecule has 0 amide bonds. The number of nitrogens with zero attached hydrogens (tertiary/aromatic N) is 1. The quantitative estimate of drug-likeness (QED) is 0.430. The van der Waals surface area contributed by atoms with Gasteiger partial charge >= 0.3 is 0 Å². The van der Waals surface area contributed by atoms with Crippen molar-refractivity contribution in [2.45, 2.75) is 44.2 Å². The molecule has 0 aromatic heterocycles. The van der Waals surface area contributed by atoms with Crippen LogP contribution in [-0.4, -0.2) is 23.4 Å². The third-order valence-electron chi connectivity index (χ3n) is 2.85. The van der Waals surface area contributed by atoms with Crippen LogP contribution in [0.3, 0.4) is 0 Å². The maximum Gasteiger partial charge on any atom is 0.152 e. The molecule has 2 saturated heterocycles. The van der Waals surface area contributed by atoms with Crippen molar-refractivity contribution in [3.05, 3.63) is 0 Å². The first-order valence-electron chi connectivity index (χ1n) is 3.97. The van der Waals surface area contributed by atoms with Gasteiger partial charge in [-0.15, -0.1) is 0 Å². The first-order chi connectivity index (χ1) is 4.38. The average molecular weight is 124 g/mol. The lowest BCUT2D eigenvalue weighted by molar-refractivity contribution is -0.581. The summed E-state index contributed by atoms with van der Waals surface area (Å²) >= 11 is 0. The highest BCUT2D eigenvalue weighted by molar-refractivity contribution is 5.16. The van der Waals surface area contributed by atoms with Gasteiger partial charge in [0.1, 0.15) is 6.72 Å². The van der Waals surface area contributed by atoms with Gasteiger partial charge in [0.2, 0.25) is 0 Å². The van der Waals surface area contributed by atoms with E-state index < -0.39 is 0 Å². The van der Waals surface area contributed by atoms with Crippen molar-refractivity contribution in [1.29, 1.82) is 0 Å². The second-order valence-electron chi connectivity index (χ2n) is 3.33. The molecule has 2 atom stereocenters. The molecule has 0 radical (unpaired) electrons. The minimum absolute atomic E-state index is 0.851. The van der Waals surface area contributed by atoms with E-state index in [1.54, 1.807) is 0 Å². The van der Waals surface area contributed by atoms with E-state index in [1.165, 1.54) is 32.1 Å². The summed E-state index contributed by atoms with van der Waals surface area (Å²) in [5, 5.41) is 0. The highest BCUT2D eigenvalue weighted by Gasteiger charge is 2.38. The zero-order chi connectivity index (χ0) is 6.27. The van der Waals surface area contributed by atoms with Gasteiger partial charge in [0.15, 0.2) is 12.1 Å². The standard InChI is InChI=1S/C8H14N/c1-9-7-3-2-4-8(9)6-5-7/h7-8H,1-6H2/q+1/t7-,8+. The van der Waals surface area contributed by atoms with E-state index in [9.17, 15) is 0 Å². The normalized spacial score (nSPS) is 41.6. The fourth-order valence-corrected chi connectivity index (χ4v) is 2.22. The summed E-state index contributed by atoms with van der Waals surface area (Å²) in [6, 6.07) is 1.70. The molecule has 1 heteroatoms. The number of fused-ring (bicyclic) bond motifs is 2. The van der Waals surface area contributed by atoms with E-state index in [0.29, 0.717) is 0 Å². The highest BCUT2D eigenvalue weighted by Crippen LogP contribution is 2.30. The summed E-state index contributed by atoms with van der Waals surface area (Å²) in [5.41, 5.74) is 0. The molecule has 2 bridgehead atoms. The zero-order valence-electron chi connectivity index (χ0n) is 5.84. The summed E-state index contributed by atoms with van der Waals surface area (Å²) in [7, 11) is 0. The summed E-state index contributed by atoms with van der Waals surface area (Å²) in [4.78, 5) is 0. The van der Waals surface area contributed by atoms with Crippen LogP contribution in [0.25, 0.3) is 0 Å². The number of hydrogen-bond acceptors (Lipinski definition) is 0. The molecule has 0 unspecified atom stereocenters. The van der Waals surface area contributed by atoms with Crippen molar-refractivity contribution in [3.63, 3.8) is 0 Å². The lowest BCUT2D eigenvalue weighted by atomic mass is 10.1. The molecular formula is C8H14N+. The molecule has 2 aliphatic heterocycles. The van der Waals surface area contributed by atoms with Crippen molar-refractivity contribution in [2.24, 2.45) is 0 Å². The van der Waals surface area contributed by atoms with Crippen LogP contribution in [0.1, 0.15) is 32.1 Å². The van der Waals surface area contributed by atoms with Crippen LogP contribution in [0, 0.1) is 0 Å². The van der Waals surface area contributed by atoms with Crippen molar-refractivity contribution in [3.8, 4) is 0 Å². The Labute approximate surface area is 56.4 Å². The van der Waals surface area contributed by atoms with E-state index in [1.807, 2.05) is 0 Å². The Hall–Kier alpha value is -0.330. The van der Waals surface area contributed by atoms with E-state index >= 15 is 0 Å². The Morgan fingerprint density at radius 1 is 1.00 bits per heavy atom. The van der Waals surface area contributed by atoms with Crippen LogP contribution in [0.5, 0.6) is 0 Å². The molecule has 0 spiro atoms. The molecule has 50 valence electrons. The Balaban J connectivity index is 2.19. The first kappa shape index (κ1) is 5.45. The van der Waals surface area contributed by atoms with Crippen molar-refractivity contribution in [2.75, 3.05) is 0 Å². The van der Waals surface area contributed by atoms with E-state index in [4.69, 9.17) is 0 Å². The molecule has 9 heavy (non-hydrogen) atoms. The third-order valence-corrected chi connectivity index (χ3v) is 2.85. The second-order valence-corrected chi connectivity index (χ2v) is 3.33. The molecule has 1 nitrogen and oxygen atoms in total. The maximum atomic E-state index is 4.06. The minimum atomic E-state index is 0.851. The first-order valence-corrected chi connectivity index (χ1v) is 3.97. The van der Waals surface area contributed by atoms with Gasteiger partial charge in [0.05, 0.1) is 0 Å². The molecule has 0 aromatic rings. The van der Waals surface area contributed by atoms with Crippen molar-refractivity contribution >= 4 is 6.72 Å². The van der Waals surface area contributed by atoms with Gasteiger partial charge in [-0.3, -0.25) is 0 Å². The number of rotatable bonds is 0. The third kappa shape index (κ3) is 0.707. The Morgan fingerprint density at radius 3 is 2.00 bits per heavy atom. The van der Waals surface area contributed by atoms with Crippen LogP contribution in [0.15, 0.2) is 0 Å². The summed E-state index contributed by atoms with van der Waals surface area (Å²) in [6.45, 7) is 4.06. The Kier molecular flexibility index (Phi) is 1.11. The predicted molar refractivity (Wildman–Crippen MR) is 38.0 cm³/mol. The smallest absolute Gasteiger partial charge is 0.152 e. The SMILES string of the molecule is C=[N+]1[C@@H]2CCC[C@H]1CC2. The molecule has 2 fully saturated rings. The lowest BCUT2D eigenvalue weighted by Crippen LogP contribution is -2.29. The van der Waals surface area contributed by atoms with Gasteiger partial charge in [-0.1, -0.05) is 0 Å². The van der Waals surface area contributed by atoms with E-state index in [-0.39, 0.29) is 0 Å². The molecule has 0 saturated carbocycles. The number of hydrogen-bond donors (Lipinski definition) is 0. The topological polar surface area (TPSA) is 3.01 Å². The van der Waals surface area contributed by atoms with Gasteiger partial charge < -0.3 is 0 Å². The molecule has 2 aliphatic rings. The highest BCUT2D eigenvalue weighted by atomic mass is 15.1. The average Bonchev–Trinajstić information content (AvgIpc) is 2.19. The molecule has 0 aliphatic carbocycles. The minimum Gasteiger partial charge on any atom is -0.237 e. The molecule has 0 aromatic carbocycles.